The normalized spacial score (nSPS) is 21.7. The van der Waals surface area contributed by atoms with Crippen molar-refractivity contribution in [3.63, 3.8) is 0 Å². The molecule has 0 radical (unpaired) electrons. The molecule has 1 unspecified atom stereocenters. The molecule has 4 heteroatoms. The fourth-order valence-corrected chi connectivity index (χ4v) is 1.90. The van der Waals surface area contributed by atoms with Crippen molar-refractivity contribution >= 4 is 6.08 Å². The molecule has 0 aliphatic carbocycles. The molecule has 1 aliphatic heterocycles. The van der Waals surface area contributed by atoms with Crippen molar-refractivity contribution in [3.05, 3.63) is 23.3 Å². The fraction of sp³-hybridized carbons (Fsp3) is 0.385. The summed E-state index contributed by atoms with van der Waals surface area (Å²) in [5.74, 6) is 0.555. The highest BCUT2D eigenvalue weighted by molar-refractivity contribution is 5.70. The van der Waals surface area contributed by atoms with Crippen molar-refractivity contribution in [1.29, 1.82) is 0 Å². The minimum absolute atomic E-state index is 0.540. The second-order valence-electron chi connectivity index (χ2n) is 4.15. The van der Waals surface area contributed by atoms with Crippen LogP contribution in [0.25, 0.3) is 6.08 Å². The van der Waals surface area contributed by atoms with E-state index in [1.54, 1.807) is 33.3 Å². The zero-order valence-corrected chi connectivity index (χ0v) is 10.4. The maximum Gasteiger partial charge on any atom is 0.225 e. The monoisotopic (exact) mass is 236 g/mol. The second kappa shape index (κ2) is 3.96. The number of hydrogen-bond donors (Lipinski definition) is 1. The van der Waals surface area contributed by atoms with Crippen LogP contribution in [0.4, 0.5) is 0 Å². The summed E-state index contributed by atoms with van der Waals surface area (Å²) >= 11 is 0. The quantitative estimate of drug-likeness (QED) is 0.854. The molecule has 0 saturated carbocycles. The van der Waals surface area contributed by atoms with E-state index < -0.39 is 5.79 Å². The fourth-order valence-electron chi connectivity index (χ4n) is 1.90. The number of fused-ring (bicyclic) bond motifs is 1. The Morgan fingerprint density at radius 2 is 2.00 bits per heavy atom. The Labute approximate surface area is 100 Å². The molecule has 0 spiro atoms. The Balaban J connectivity index is 2.63. The molecule has 1 heterocycles. The molecule has 1 atom stereocenters. The number of hydrogen-bond acceptors (Lipinski definition) is 4. The van der Waals surface area contributed by atoms with Crippen molar-refractivity contribution in [2.45, 2.75) is 19.6 Å². The Morgan fingerprint density at radius 3 is 2.59 bits per heavy atom. The van der Waals surface area contributed by atoms with Gasteiger partial charge in [0, 0.05) is 18.1 Å². The SMILES string of the molecule is COc1cc2c(c(OC)c1C)OC(C)(O)C=C2. The molecule has 1 aliphatic rings. The maximum absolute atomic E-state index is 9.86. The summed E-state index contributed by atoms with van der Waals surface area (Å²) in [6.45, 7) is 3.46. The van der Waals surface area contributed by atoms with Crippen LogP contribution in [0.3, 0.4) is 0 Å². The molecule has 2 rings (SSSR count). The minimum Gasteiger partial charge on any atom is -0.496 e. The number of rotatable bonds is 2. The highest BCUT2D eigenvalue weighted by Crippen LogP contribution is 2.44. The summed E-state index contributed by atoms with van der Waals surface area (Å²) in [6.07, 6.45) is 3.38. The van der Waals surface area contributed by atoms with Crippen molar-refractivity contribution < 1.29 is 19.3 Å². The molecule has 1 aromatic rings. The van der Waals surface area contributed by atoms with E-state index in [0.29, 0.717) is 11.5 Å². The van der Waals surface area contributed by atoms with Gasteiger partial charge >= 0.3 is 0 Å². The van der Waals surface area contributed by atoms with Gasteiger partial charge in [-0.25, -0.2) is 0 Å². The first-order chi connectivity index (χ1) is 7.98. The number of ether oxygens (including phenoxy) is 3. The van der Waals surface area contributed by atoms with Crippen LogP contribution in [0.5, 0.6) is 17.2 Å². The van der Waals surface area contributed by atoms with E-state index in [0.717, 1.165) is 16.9 Å². The molecule has 0 bridgehead atoms. The largest absolute Gasteiger partial charge is 0.496 e. The van der Waals surface area contributed by atoms with E-state index in [4.69, 9.17) is 14.2 Å². The Kier molecular flexibility index (Phi) is 2.75. The van der Waals surface area contributed by atoms with Gasteiger partial charge in [0.15, 0.2) is 11.5 Å². The van der Waals surface area contributed by atoms with Gasteiger partial charge in [-0.1, -0.05) is 0 Å². The first-order valence-corrected chi connectivity index (χ1v) is 5.34. The summed E-state index contributed by atoms with van der Waals surface area (Å²) in [5.41, 5.74) is 1.68. The third-order valence-electron chi connectivity index (χ3n) is 2.77. The molecule has 0 aromatic heterocycles. The zero-order valence-electron chi connectivity index (χ0n) is 10.4. The third-order valence-corrected chi connectivity index (χ3v) is 2.77. The second-order valence-corrected chi connectivity index (χ2v) is 4.15. The molecule has 0 fully saturated rings. The number of aliphatic hydroxyl groups is 1. The van der Waals surface area contributed by atoms with Crippen molar-refractivity contribution in [1.82, 2.24) is 0 Å². The van der Waals surface area contributed by atoms with E-state index in [2.05, 4.69) is 0 Å². The Morgan fingerprint density at radius 1 is 1.29 bits per heavy atom. The van der Waals surface area contributed by atoms with Crippen molar-refractivity contribution in [3.8, 4) is 17.2 Å². The standard InChI is InChI=1S/C13H16O4/c1-8-10(15-3)7-9-5-6-13(2,14)17-12(9)11(8)16-4/h5-7,14H,1-4H3. The van der Waals surface area contributed by atoms with Gasteiger partial charge < -0.3 is 19.3 Å². The van der Waals surface area contributed by atoms with E-state index in [9.17, 15) is 5.11 Å². The summed E-state index contributed by atoms with van der Waals surface area (Å²) in [4.78, 5) is 0. The number of methoxy groups -OCH3 is 2. The van der Waals surface area contributed by atoms with Gasteiger partial charge in [-0.05, 0) is 25.1 Å². The molecule has 0 saturated heterocycles. The topological polar surface area (TPSA) is 47.9 Å². The lowest BCUT2D eigenvalue weighted by molar-refractivity contribution is -0.0801. The van der Waals surface area contributed by atoms with Gasteiger partial charge in [-0.3, -0.25) is 0 Å². The van der Waals surface area contributed by atoms with Crippen LogP contribution in [0.15, 0.2) is 12.1 Å². The Bertz CT molecular complexity index is 475. The van der Waals surface area contributed by atoms with Crippen molar-refractivity contribution in [2.75, 3.05) is 14.2 Å². The van der Waals surface area contributed by atoms with Crippen LogP contribution in [0.1, 0.15) is 18.1 Å². The van der Waals surface area contributed by atoms with Crippen LogP contribution < -0.4 is 14.2 Å². The zero-order chi connectivity index (χ0) is 12.6. The van der Waals surface area contributed by atoms with E-state index >= 15 is 0 Å². The van der Waals surface area contributed by atoms with Gasteiger partial charge in [-0.15, -0.1) is 0 Å². The van der Waals surface area contributed by atoms with Gasteiger partial charge in [0.25, 0.3) is 0 Å². The smallest absolute Gasteiger partial charge is 0.225 e. The molecule has 92 valence electrons. The first-order valence-electron chi connectivity index (χ1n) is 5.34. The van der Waals surface area contributed by atoms with Crippen LogP contribution in [0.2, 0.25) is 0 Å². The minimum atomic E-state index is -1.30. The van der Waals surface area contributed by atoms with Crippen LogP contribution in [-0.4, -0.2) is 25.1 Å². The van der Waals surface area contributed by atoms with Crippen LogP contribution in [-0.2, 0) is 0 Å². The summed E-state index contributed by atoms with van der Waals surface area (Å²) in [6, 6.07) is 1.86. The van der Waals surface area contributed by atoms with Gasteiger partial charge in [0.1, 0.15) is 5.75 Å². The van der Waals surface area contributed by atoms with Crippen LogP contribution >= 0.6 is 0 Å². The Hall–Kier alpha value is -1.68. The van der Waals surface area contributed by atoms with Gasteiger partial charge in [0.2, 0.25) is 5.79 Å². The predicted octanol–water partition coefficient (Wildman–Crippen LogP) is 2.13. The lowest BCUT2D eigenvalue weighted by Crippen LogP contribution is -2.31. The molecule has 17 heavy (non-hydrogen) atoms. The molecule has 1 aromatic carbocycles. The van der Waals surface area contributed by atoms with E-state index in [1.165, 1.54) is 0 Å². The summed E-state index contributed by atoms with van der Waals surface area (Å²) < 4.78 is 16.1. The highest BCUT2D eigenvalue weighted by atomic mass is 16.6. The molecule has 0 amide bonds. The molecular weight excluding hydrogens is 220 g/mol. The molecule has 4 nitrogen and oxygen atoms in total. The van der Waals surface area contributed by atoms with E-state index in [1.807, 2.05) is 13.0 Å². The number of benzene rings is 1. The lowest BCUT2D eigenvalue weighted by atomic mass is 10.0. The predicted molar refractivity (Wildman–Crippen MR) is 64.6 cm³/mol. The average Bonchev–Trinajstić information content (AvgIpc) is 2.27. The van der Waals surface area contributed by atoms with Crippen molar-refractivity contribution in [2.24, 2.45) is 0 Å². The van der Waals surface area contributed by atoms with Gasteiger partial charge in [0.05, 0.1) is 14.2 Å². The molecular formula is C13H16O4. The summed E-state index contributed by atoms with van der Waals surface area (Å²) in [7, 11) is 3.18. The summed E-state index contributed by atoms with van der Waals surface area (Å²) in [5, 5.41) is 9.86. The lowest BCUT2D eigenvalue weighted by Gasteiger charge is -2.28. The molecule has 1 N–H and O–H groups in total. The van der Waals surface area contributed by atoms with E-state index in [-0.39, 0.29) is 0 Å². The highest BCUT2D eigenvalue weighted by Gasteiger charge is 2.28. The average molecular weight is 236 g/mol. The van der Waals surface area contributed by atoms with Gasteiger partial charge in [-0.2, -0.15) is 0 Å². The maximum atomic E-state index is 9.86. The first kappa shape index (κ1) is 11.8. The third kappa shape index (κ3) is 1.96. The van der Waals surface area contributed by atoms with Crippen LogP contribution in [0, 0.1) is 6.92 Å².